The molecule has 3 nitrogen and oxygen atoms in total. The van der Waals surface area contributed by atoms with Gasteiger partial charge in [-0.3, -0.25) is 4.79 Å². The first-order valence-corrected chi connectivity index (χ1v) is 4.16. The van der Waals surface area contributed by atoms with Crippen LogP contribution in [0.2, 0.25) is 0 Å². The van der Waals surface area contributed by atoms with Crippen LogP contribution in [0.3, 0.4) is 0 Å². The van der Waals surface area contributed by atoms with Gasteiger partial charge in [0.25, 0.3) is 0 Å². The molecule has 4 heteroatoms. The Balaban J connectivity index is 0.00000121. The third-order valence-electron chi connectivity index (χ3n) is 1.96. The Morgan fingerprint density at radius 1 is 1.50 bits per heavy atom. The van der Waals surface area contributed by atoms with E-state index in [2.05, 4.69) is 0 Å². The summed E-state index contributed by atoms with van der Waals surface area (Å²) in [6, 6.07) is -0.476. The Hall–Kier alpha value is -0.280. The van der Waals surface area contributed by atoms with Gasteiger partial charge >= 0.3 is 5.97 Å². The highest BCUT2D eigenvalue weighted by Gasteiger charge is 2.20. The van der Waals surface area contributed by atoms with E-state index in [4.69, 9.17) is 10.5 Å². The third kappa shape index (κ3) is 3.41. The predicted molar refractivity (Wildman–Crippen MR) is 49.2 cm³/mol. The van der Waals surface area contributed by atoms with Crippen molar-refractivity contribution in [1.82, 2.24) is 0 Å². The lowest BCUT2D eigenvalue weighted by Gasteiger charge is -2.12. The lowest BCUT2D eigenvalue weighted by molar-refractivity contribution is -0.149. The van der Waals surface area contributed by atoms with E-state index < -0.39 is 6.04 Å². The molecule has 1 saturated carbocycles. The molecule has 0 amide bonds. The monoisotopic (exact) mass is 193 g/mol. The summed E-state index contributed by atoms with van der Waals surface area (Å²) in [6.07, 6.45) is 4.53. The second kappa shape index (κ2) is 5.38. The van der Waals surface area contributed by atoms with Gasteiger partial charge in [0, 0.05) is 0 Å². The average Bonchev–Trinajstić information content (AvgIpc) is 2.39. The van der Waals surface area contributed by atoms with Crippen LogP contribution in [0.25, 0.3) is 0 Å². The summed E-state index contributed by atoms with van der Waals surface area (Å²) < 4.78 is 5.11. The minimum Gasteiger partial charge on any atom is -0.461 e. The van der Waals surface area contributed by atoms with E-state index in [9.17, 15) is 4.79 Å². The first kappa shape index (κ1) is 11.7. The maximum absolute atomic E-state index is 11.0. The number of nitrogens with two attached hydrogens (primary N) is 1. The van der Waals surface area contributed by atoms with Crippen LogP contribution in [0.5, 0.6) is 0 Å². The molecule has 12 heavy (non-hydrogen) atoms. The van der Waals surface area contributed by atoms with Crippen molar-refractivity contribution in [1.29, 1.82) is 0 Å². The second-order valence-corrected chi connectivity index (χ2v) is 3.13. The average molecular weight is 194 g/mol. The van der Waals surface area contributed by atoms with E-state index in [1.165, 1.54) is 12.8 Å². The minimum atomic E-state index is -0.476. The van der Waals surface area contributed by atoms with Crippen LogP contribution in [0.4, 0.5) is 0 Å². The molecular weight excluding hydrogens is 178 g/mol. The summed E-state index contributed by atoms with van der Waals surface area (Å²) in [5.74, 6) is -0.267. The van der Waals surface area contributed by atoms with Crippen molar-refractivity contribution in [3.8, 4) is 0 Å². The largest absolute Gasteiger partial charge is 0.461 e. The molecule has 0 aliphatic heterocycles. The van der Waals surface area contributed by atoms with Gasteiger partial charge < -0.3 is 10.5 Å². The number of carbonyl (C=O) groups is 1. The van der Waals surface area contributed by atoms with Gasteiger partial charge in [0.05, 0.1) is 0 Å². The van der Waals surface area contributed by atoms with Crippen LogP contribution in [-0.4, -0.2) is 18.1 Å². The highest BCUT2D eigenvalue weighted by atomic mass is 35.5. The molecule has 1 fully saturated rings. The van der Waals surface area contributed by atoms with Gasteiger partial charge in [-0.15, -0.1) is 12.4 Å². The number of hydrogen-bond donors (Lipinski definition) is 1. The lowest BCUT2D eigenvalue weighted by Crippen LogP contribution is -2.31. The molecule has 0 aromatic heterocycles. The SMILES string of the molecule is C[C@H](N)C(=O)OC1CCCC1.Cl. The van der Waals surface area contributed by atoms with Crippen LogP contribution in [0.1, 0.15) is 32.6 Å². The van der Waals surface area contributed by atoms with E-state index in [0.717, 1.165) is 12.8 Å². The first-order chi connectivity index (χ1) is 5.20. The van der Waals surface area contributed by atoms with Gasteiger partial charge in [0.2, 0.25) is 0 Å². The van der Waals surface area contributed by atoms with Crippen LogP contribution in [0, 0.1) is 0 Å². The predicted octanol–water partition coefficient (Wildman–Crippen LogP) is 1.24. The van der Waals surface area contributed by atoms with Gasteiger partial charge in [-0.2, -0.15) is 0 Å². The van der Waals surface area contributed by atoms with E-state index in [-0.39, 0.29) is 24.5 Å². The van der Waals surface area contributed by atoms with Crippen LogP contribution >= 0.6 is 12.4 Å². The van der Waals surface area contributed by atoms with E-state index in [1.54, 1.807) is 6.92 Å². The quantitative estimate of drug-likeness (QED) is 0.672. The van der Waals surface area contributed by atoms with E-state index in [1.807, 2.05) is 0 Å². The Morgan fingerprint density at radius 3 is 2.42 bits per heavy atom. The molecule has 72 valence electrons. The maximum atomic E-state index is 11.0. The topological polar surface area (TPSA) is 52.3 Å². The summed E-state index contributed by atoms with van der Waals surface area (Å²) in [5.41, 5.74) is 5.34. The van der Waals surface area contributed by atoms with Crippen LogP contribution in [0.15, 0.2) is 0 Å². The molecule has 1 aliphatic rings. The van der Waals surface area contributed by atoms with Crippen molar-refractivity contribution >= 4 is 18.4 Å². The number of carbonyl (C=O) groups excluding carboxylic acids is 1. The molecule has 1 aliphatic carbocycles. The Labute approximate surface area is 79.1 Å². The zero-order chi connectivity index (χ0) is 8.27. The minimum absolute atomic E-state index is 0. The maximum Gasteiger partial charge on any atom is 0.322 e. The van der Waals surface area contributed by atoms with Gasteiger partial charge in [-0.25, -0.2) is 0 Å². The number of ether oxygens (including phenoxy) is 1. The lowest BCUT2D eigenvalue weighted by atomic mass is 10.3. The molecule has 2 N–H and O–H groups in total. The third-order valence-corrected chi connectivity index (χ3v) is 1.96. The first-order valence-electron chi connectivity index (χ1n) is 4.16. The number of esters is 1. The molecule has 0 bridgehead atoms. The summed E-state index contributed by atoms with van der Waals surface area (Å²) in [5, 5.41) is 0. The van der Waals surface area contributed by atoms with Gasteiger partial charge in [0.15, 0.2) is 0 Å². The summed E-state index contributed by atoms with van der Waals surface area (Å²) in [4.78, 5) is 11.0. The number of rotatable bonds is 2. The van der Waals surface area contributed by atoms with Crippen molar-refractivity contribution < 1.29 is 9.53 Å². The normalized spacial score (nSPS) is 19.8. The molecule has 0 aromatic carbocycles. The fraction of sp³-hybridized carbons (Fsp3) is 0.875. The molecule has 0 radical (unpaired) electrons. The van der Waals surface area contributed by atoms with Crippen LogP contribution in [-0.2, 0) is 9.53 Å². The van der Waals surface area contributed by atoms with Crippen molar-refractivity contribution in [2.24, 2.45) is 5.73 Å². The van der Waals surface area contributed by atoms with Crippen molar-refractivity contribution in [2.45, 2.75) is 44.8 Å². The summed E-state index contributed by atoms with van der Waals surface area (Å²) in [6.45, 7) is 1.65. The molecule has 0 spiro atoms. The Morgan fingerprint density at radius 2 is 2.00 bits per heavy atom. The van der Waals surface area contributed by atoms with Crippen molar-refractivity contribution in [3.63, 3.8) is 0 Å². The fourth-order valence-corrected chi connectivity index (χ4v) is 1.28. The number of hydrogen-bond acceptors (Lipinski definition) is 3. The van der Waals surface area contributed by atoms with Crippen LogP contribution < -0.4 is 5.73 Å². The second-order valence-electron chi connectivity index (χ2n) is 3.13. The molecule has 1 rings (SSSR count). The number of halogens is 1. The fourth-order valence-electron chi connectivity index (χ4n) is 1.28. The van der Waals surface area contributed by atoms with Crippen molar-refractivity contribution in [3.05, 3.63) is 0 Å². The van der Waals surface area contributed by atoms with Crippen molar-refractivity contribution in [2.75, 3.05) is 0 Å². The standard InChI is InChI=1S/C8H15NO2.ClH/c1-6(9)8(10)11-7-4-2-3-5-7;/h6-7H,2-5,9H2,1H3;1H/t6-;/m0./s1. The van der Waals surface area contributed by atoms with Gasteiger partial charge in [0.1, 0.15) is 12.1 Å². The van der Waals surface area contributed by atoms with E-state index >= 15 is 0 Å². The molecule has 0 saturated heterocycles. The highest BCUT2D eigenvalue weighted by Crippen LogP contribution is 2.20. The molecule has 0 unspecified atom stereocenters. The molecule has 1 atom stereocenters. The zero-order valence-corrected chi connectivity index (χ0v) is 8.10. The summed E-state index contributed by atoms with van der Waals surface area (Å²) >= 11 is 0. The summed E-state index contributed by atoms with van der Waals surface area (Å²) in [7, 11) is 0. The Bertz CT molecular complexity index is 144. The smallest absolute Gasteiger partial charge is 0.322 e. The molecular formula is C8H16ClNO2. The Kier molecular flexibility index (Phi) is 5.25. The highest BCUT2D eigenvalue weighted by molar-refractivity contribution is 5.85. The van der Waals surface area contributed by atoms with Gasteiger partial charge in [-0.05, 0) is 32.6 Å². The zero-order valence-electron chi connectivity index (χ0n) is 7.29. The van der Waals surface area contributed by atoms with E-state index in [0.29, 0.717) is 0 Å². The molecule has 0 heterocycles. The molecule has 0 aromatic rings. The van der Waals surface area contributed by atoms with Gasteiger partial charge in [-0.1, -0.05) is 0 Å².